The molecular weight excluding hydrogens is 224 g/mol. The van der Waals surface area contributed by atoms with Gasteiger partial charge < -0.3 is 11.1 Å². The Balaban J connectivity index is 1.93. The highest BCUT2D eigenvalue weighted by Crippen LogP contribution is 2.14. The minimum atomic E-state index is -0.199. The summed E-state index contributed by atoms with van der Waals surface area (Å²) in [5, 5.41) is 9.04. The number of hydrogen-bond acceptors (Lipinski definition) is 4. The molecule has 0 unspecified atom stereocenters. The molecular formula is C10H12N4OS. The quantitative estimate of drug-likeness (QED) is 0.750. The molecule has 0 bridgehead atoms. The number of aryl methyl sites for hydroxylation is 1. The van der Waals surface area contributed by atoms with Crippen molar-refractivity contribution in [2.45, 2.75) is 13.5 Å². The van der Waals surface area contributed by atoms with Crippen molar-refractivity contribution in [3.8, 4) is 0 Å². The first-order valence-electron chi connectivity index (χ1n) is 4.79. The Bertz CT molecular complexity index is 502. The maximum absolute atomic E-state index is 11.6. The van der Waals surface area contributed by atoms with Gasteiger partial charge in [0.15, 0.2) is 0 Å². The Morgan fingerprint density at radius 2 is 2.44 bits per heavy atom. The number of carbonyl (C=O) groups is 1. The van der Waals surface area contributed by atoms with Crippen LogP contribution in [0.15, 0.2) is 18.2 Å². The molecule has 0 saturated carbocycles. The molecule has 2 aromatic heterocycles. The second-order valence-corrected chi connectivity index (χ2v) is 4.77. The van der Waals surface area contributed by atoms with Crippen molar-refractivity contribution in [3.63, 3.8) is 0 Å². The third kappa shape index (κ3) is 2.40. The molecule has 0 atom stereocenters. The van der Waals surface area contributed by atoms with Crippen LogP contribution in [-0.4, -0.2) is 16.1 Å². The molecule has 5 nitrogen and oxygen atoms in total. The van der Waals surface area contributed by atoms with Crippen molar-refractivity contribution in [2.24, 2.45) is 0 Å². The first kappa shape index (κ1) is 10.7. The number of carbonyl (C=O) groups excluding carboxylic acids is 1. The van der Waals surface area contributed by atoms with E-state index < -0.39 is 0 Å². The van der Waals surface area contributed by atoms with Gasteiger partial charge in [-0.3, -0.25) is 9.89 Å². The van der Waals surface area contributed by atoms with Gasteiger partial charge in [-0.25, -0.2) is 0 Å². The SMILES string of the molecule is Cc1ccc(CNC(=O)c2cc(N)n[nH]2)s1. The van der Waals surface area contributed by atoms with Crippen LogP contribution in [0.25, 0.3) is 0 Å². The van der Waals surface area contributed by atoms with E-state index in [1.165, 1.54) is 10.9 Å². The van der Waals surface area contributed by atoms with E-state index in [4.69, 9.17) is 5.73 Å². The number of aromatic amines is 1. The molecule has 6 heteroatoms. The van der Waals surface area contributed by atoms with Crippen LogP contribution < -0.4 is 11.1 Å². The molecule has 0 aliphatic rings. The number of amides is 1. The van der Waals surface area contributed by atoms with Crippen molar-refractivity contribution in [1.29, 1.82) is 0 Å². The molecule has 0 aliphatic carbocycles. The summed E-state index contributed by atoms with van der Waals surface area (Å²) in [6, 6.07) is 5.54. The summed E-state index contributed by atoms with van der Waals surface area (Å²) in [4.78, 5) is 14.0. The van der Waals surface area contributed by atoms with E-state index in [0.717, 1.165) is 4.88 Å². The smallest absolute Gasteiger partial charge is 0.269 e. The van der Waals surface area contributed by atoms with Crippen LogP contribution in [0.5, 0.6) is 0 Å². The molecule has 0 saturated heterocycles. The predicted octanol–water partition coefficient (Wildman–Crippen LogP) is 1.29. The largest absolute Gasteiger partial charge is 0.382 e. The van der Waals surface area contributed by atoms with Crippen LogP contribution >= 0.6 is 11.3 Å². The average Bonchev–Trinajstić information content (AvgIpc) is 2.84. The van der Waals surface area contributed by atoms with Crippen LogP contribution in [0.1, 0.15) is 20.2 Å². The van der Waals surface area contributed by atoms with E-state index in [-0.39, 0.29) is 5.91 Å². The van der Waals surface area contributed by atoms with Gasteiger partial charge in [0.25, 0.3) is 5.91 Å². The number of rotatable bonds is 3. The third-order valence-electron chi connectivity index (χ3n) is 2.06. The van der Waals surface area contributed by atoms with Gasteiger partial charge >= 0.3 is 0 Å². The monoisotopic (exact) mass is 236 g/mol. The van der Waals surface area contributed by atoms with Crippen LogP contribution in [0.3, 0.4) is 0 Å². The fourth-order valence-corrected chi connectivity index (χ4v) is 2.13. The molecule has 0 spiro atoms. The summed E-state index contributed by atoms with van der Waals surface area (Å²) in [6.07, 6.45) is 0. The summed E-state index contributed by atoms with van der Waals surface area (Å²) in [5.41, 5.74) is 5.79. The van der Waals surface area contributed by atoms with Crippen LogP contribution in [0, 0.1) is 6.92 Å². The summed E-state index contributed by atoms with van der Waals surface area (Å²) in [6.45, 7) is 2.56. The molecule has 0 radical (unpaired) electrons. The number of nitrogens with two attached hydrogens (primary N) is 1. The molecule has 0 fully saturated rings. The first-order valence-corrected chi connectivity index (χ1v) is 5.61. The molecule has 0 aromatic carbocycles. The van der Waals surface area contributed by atoms with E-state index in [1.54, 1.807) is 11.3 Å². The van der Waals surface area contributed by atoms with Gasteiger partial charge in [-0.05, 0) is 19.1 Å². The zero-order valence-electron chi connectivity index (χ0n) is 8.78. The fraction of sp³-hybridized carbons (Fsp3) is 0.200. The van der Waals surface area contributed by atoms with E-state index in [0.29, 0.717) is 18.1 Å². The van der Waals surface area contributed by atoms with Crippen molar-refractivity contribution in [1.82, 2.24) is 15.5 Å². The lowest BCUT2D eigenvalue weighted by Gasteiger charge is -2.00. The summed E-state index contributed by atoms with van der Waals surface area (Å²) < 4.78 is 0. The van der Waals surface area contributed by atoms with Gasteiger partial charge in [-0.15, -0.1) is 11.3 Å². The van der Waals surface area contributed by atoms with Gasteiger partial charge in [-0.2, -0.15) is 5.10 Å². The normalized spacial score (nSPS) is 10.3. The fourth-order valence-electron chi connectivity index (χ4n) is 1.30. The number of aromatic nitrogens is 2. The Kier molecular flexibility index (Phi) is 2.91. The topological polar surface area (TPSA) is 83.8 Å². The Labute approximate surface area is 96.7 Å². The second-order valence-electron chi connectivity index (χ2n) is 3.40. The number of nitrogen functional groups attached to an aromatic ring is 1. The molecule has 1 amide bonds. The summed E-state index contributed by atoms with van der Waals surface area (Å²) >= 11 is 1.66. The van der Waals surface area contributed by atoms with Crippen molar-refractivity contribution in [2.75, 3.05) is 5.73 Å². The summed E-state index contributed by atoms with van der Waals surface area (Å²) in [7, 11) is 0. The molecule has 4 N–H and O–H groups in total. The van der Waals surface area contributed by atoms with E-state index in [9.17, 15) is 4.79 Å². The molecule has 16 heavy (non-hydrogen) atoms. The van der Waals surface area contributed by atoms with Crippen molar-refractivity contribution in [3.05, 3.63) is 33.6 Å². The molecule has 0 aliphatic heterocycles. The van der Waals surface area contributed by atoms with Gasteiger partial charge in [-0.1, -0.05) is 0 Å². The van der Waals surface area contributed by atoms with E-state index in [1.807, 2.05) is 19.1 Å². The third-order valence-corrected chi connectivity index (χ3v) is 3.06. The minimum Gasteiger partial charge on any atom is -0.382 e. The molecule has 84 valence electrons. The highest BCUT2D eigenvalue weighted by atomic mass is 32.1. The maximum atomic E-state index is 11.6. The van der Waals surface area contributed by atoms with Gasteiger partial charge in [0, 0.05) is 15.8 Å². The number of thiophene rings is 1. The van der Waals surface area contributed by atoms with E-state index in [2.05, 4.69) is 15.5 Å². The number of nitrogens with one attached hydrogen (secondary N) is 2. The molecule has 2 heterocycles. The van der Waals surface area contributed by atoms with Gasteiger partial charge in [0.05, 0.1) is 6.54 Å². The molecule has 2 rings (SSSR count). The number of anilines is 1. The molecule has 2 aromatic rings. The highest BCUT2D eigenvalue weighted by molar-refractivity contribution is 7.11. The number of nitrogens with zero attached hydrogens (tertiary/aromatic N) is 1. The van der Waals surface area contributed by atoms with Crippen LogP contribution in [0.4, 0.5) is 5.82 Å². The van der Waals surface area contributed by atoms with Gasteiger partial charge in [0.1, 0.15) is 11.5 Å². The number of hydrogen-bond donors (Lipinski definition) is 3. The van der Waals surface area contributed by atoms with Crippen molar-refractivity contribution >= 4 is 23.1 Å². The average molecular weight is 236 g/mol. The standard InChI is InChI=1S/C10H12N4OS/c1-6-2-3-7(16-6)5-12-10(15)8-4-9(11)14-13-8/h2-4H,5H2,1H3,(H,12,15)(H3,11,13,14). The zero-order chi connectivity index (χ0) is 11.5. The van der Waals surface area contributed by atoms with Gasteiger partial charge in [0.2, 0.25) is 0 Å². The lowest BCUT2D eigenvalue weighted by Crippen LogP contribution is -2.22. The Morgan fingerprint density at radius 3 is 3.00 bits per heavy atom. The highest BCUT2D eigenvalue weighted by Gasteiger charge is 2.08. The minimum absolute atomic E-state index is 0.199. The number of H-pyrrole nitrogens is 1. The Morgan fingerprint density at radius 1 is 1.62 bits per heavy atom. The first-order chi connectivity index (χ1) is 7.65. The lowest BCUT2D eigenvalue weighted by molar-refractivity contribution is 0.0946. The van der Waals surface area contributed by atoms with Crippen LogP contribution in [0.2, 0.25) is 0 Å². The summed E-state index contributed by atoms with van der Waals surface area (Å²) in [5.74, 6) is 0.118. The lowest BCUT2D eigenvalue weighted by atomic mass is 10.4. The van der Waals surface area contributed by atoms with Crippen LogP contribution in [-0.2, 0) is 6.54 Å². The predicted molar refractivity (Wildman–Crippen MR) is 63.2 cm³/mol. The maximum Gasteiger partial charge on any atom is 0.269 e. The zero-order valence-corrected chi connectivity index (χ0v) is 9.60. The van der Waals surface area contributed by atoms with E-state index >= 15 is 0 Å². The second kappa shape index (κ2) is 4.36. The Hall–Kier alpha value is -1.82. The van der Waals surface area contributed by atoms with Crippen molar-refractivity contribution < 1.29 is 4.79 Å².